The van der Waals surface area contributed by atoms with E-state index in [4.69, 9.17) is 16.3 Å². The first-order valence-corrected chi connectivity index (χ1v) is 7.15. The van der Waals surface area contributed by atoms with Crippen LogP contribution >= 0.6 is 22.9 Å². The highest BCUT2D eigenvalue weighted by atomic mass is 35.5. The van der Waals surface area contributed by atoms with Crippen LogP contribution in [0.3, 0.4) is 0 Å². The summed E-state index contributed by atoms with van der Waals surface area (Å²) in [6.07, 6.45) is 5.24. The van der Waals surface area contributed by atoms with Crippen molar-refractivity contribution in [2.24, 2.45) is 0 Å². The molecule has 1 aromatic heterocycles. The Morgan fingerprint density at radius 3 is 3.25 bits per heavy atom. The Balaban J connectivity index is 1.59. The van der Waals surface area contributed by atoms with Gasteiger partial charge in [-0.15, -0.1) is 11.3 Å². The van der Waals surface area contributed by atoms with Gasteiger partial charge in [-0.05, 0) is 37.3 Å². The van der Waals surface area contributed by atoms with Crippen molar-refractivity contribution in [3.8, 4) is 0 Å². The lowest BCUT2D eigenvalue weighted by molar-refractivity contribution is 0.107. The van der Waals surface area contributed by atoms with Crippen LogP contribution in [0, 0.1) is 0 Å². The highest BCUT2D eigenvalue weighted by molar-refractivity contribution is 7.16. The molecule has 1 fully saturated rings. The molecular formula is C12H16ClNOS. The fourth-order valence-electron chi connectivity index (χ4n) is 2.62. The molecule has 88 valence electrons. The molecule has 1 aromatic rings. The third-order valence-corrected chi connectivity index (χ3v) is 4.80. The van der Waals surface area contributed by atoms with E-state index in [-0.39, 0.29) is 0 Å². The van der Waals surface area contributed by atoms with E-state index in [0.717, 1.165) is 17.5 Å². The molecule has 1 aliphatic carbocycles. The van der Waals surface area contributed by atoms with Gasteiger partial charge in [-0.25, -0.2) is 0 Å². The average molecular weight is 258 g/mol. The predicted octanol–water partition coefficient (Wildman–Crippen LogP) is 3.16. The smallest absolute Gasteiger partial charge is 0.0934 e. The van der Waals surface area contributed by atoms with E-state index in [1.54, 1.807) is 11.3 Å². The Kier molecular flexibility index (Phi) is 3.20. The summed E-state index contributed by atoms with van der Waals surface area (Å²) in [5.41, 5.74) is 1.42. The van der Waals surface area contributed by atoms with Crippen molar-refractivity contribution in [3.05, 3.63) is 20.8 Å². The van der Waals surface area contributed by atoms with Gasteiger partial charge >= 0.3 is 0 Å². The zero-order valence-electron chi connectivity index (χ0n) is 9.17. The Bertz CT molecular complexity index is 373. The summed E-state index contributed by atoms with van der Waals surface area (Å²) >= 11 is 7.77. The summed E-state index contributed by atoms with van der Waals surface area (Å²) in [5, 5.41) is 3.62. The lowest BCUT2D eigenvalue weighted by atomic mass is 10.1. The molecule has 0 amide bonds. The van der Waals surface area contributed by atoms with Crippen LogP contribution in [0.2, 0.25) is 4.34 Å². The lowest BCUT2D eigenvalue weighted by Gasteiger charge is -2.16. The van der Waals surface area contributed by atoms with Crippen molar-refractivity contribution in [1.29, 1.82) is 0 Å². The third-order valence-electron chi connectivity index (χ3n) is 3.46. The normalized spacial score (nSPS) is 28.6. The standard InChI is InChI=1S/C12H16ClNOS/c13-12-6-9-10(3-4-11(9)16-12)14-7-8-2-1-5-15-8/h6,8,10,14H,1-5,7H2. The number of fused-ring (bicyclic) bond motifs is 1. The van der Waals surface area contributed by atoms with Crippen molar-refractivity contribution >= 4 is 22.9 Å². The minimum atomic E-state index is 0.429. The van der Waals surface area contributed by atoms with Crippen molar-refractivity contribution in [1.82, 2.24) is 5.32 Å². The number of thiophene rings is 1. The van der Waals surface area contributed by atoms with Crippen LogP contribution in [0.25, 0.3) is 0 Å². The molecule has 2 nitrogen and oxygen atoms in total. The first-order chi connectivity index (χ1) is 7.83. The molecule has 0 saturated carbocycles. The average Bonchev–Trinajstić information content (AvgIpc) is 2.91. The number of halogens is 1. The molecule has 0 bridgehead atoms. The van der Waals surface area contributed by atoms with Crippen molar-refractivity contribution in [3.63, 3.8) is 0 Å². The molecule has 1 N–H and O–H groups in total. The maximum Gasteiger partial charge on any atom is 0.0934 e. The number of aryl methyl sites for hydroxylation is 1. The van der Waals surface area contributed by atoms with E-state index in [0.29, 0.717) is 12.1 Å². The van der Waals surface area contributed by atoms with Gasteiger partial charge < -0.3 is 10.1 Å². The number of hydrogen-bond acceptors (Lipinski definition) is 3. The van der Waals surface area contributed by atoms with Gasteiger partial charge in [0.2, 0.25) is 0 Å². The van der Waals surface area contributed by atoms with Gasteiger partial charge in [0.1, 0.15) is 0 Å². The molecule has 3 rings (SSSR count). The second-order valence-corrected chi connectivity index (χ2v) is 6.33. The monoisotopic (exact) mass is 257 g/mol. The van der Waals surface area contributed by atoms with Gasteiger partial charge in [-0.2, -0.15) is 0 Å². The lowest BCUT2D eigenvalue weighted by Crippen LogP contribution is -2.28. The van der Waals surface area contributed by atoms with E-state index < -0.39 is 0 Å². The van der Waals surface area contributed by atoms with Crippen molar-refractivity contribution in [2.75, 3.05) is 13.2 Å². The Morgan fingerprint density at radius 2 is 2.44 bits per heavy atom. The zero-order valence-corrected chi connectivity index (χ0v) is 10.7. The first kappa shape index (κ1) is 11.0. The molecule has 0 radical (unpaired) electrons. The van der Waals surface area contributed by atoms with Crippen molar-refractivity contribution in [2.45, 2.75) is 37.8 Å². The Labute approximate surface area is 105 Å². The van der Waals surface area contributed by atoms with Gasteiger partial charge in [0, 0.05) is 24.1 Å². The van der Waals surface area contributed by atoms with E-state index >= 15 is 0 Å². The molecule has 2 heterocycles. The summed E-state index contributed by atoms with van der Waals surface area (Å²) < 4.78 is 6.54. The molecular weight excluding hydrogens is 242 g/mol. The van der Waals surface area contributed by atoms with E-state index in [1.165, 1.54) is 36.1 Å². The van der Waals surface area contributed by atoms with Crippen LogP contribution in [0.1, 0.15) is 35.7 Å². The third kappa shape index (κ3) is 2.14. The van der Waals surface area contributed by atoms with Gasteiger partial charge in [-0.1, -0.05) is 11.6 Å². The molecule has 0 aromatic carbocycles. The summed E-state index contributed by atoms with van der Waals surface area (Å²) in [6.45, 7) is 1.92. The van der Waals surface area contributed by atoms with Gasteiger partial charge in [0.25, 0.3) is 0 Å². The second-order valence-electron chi connectivity index (χ2n) is 4.56. The maximum absolute atomic E-state index is 6.04. The van der Waals surface area contributed by atoms with Crippen LogP contribution in [-0.4, -0.2) is 19.3 Å². The number of hydrogen-bond donors (Lipinski definition) is 1. The Morgan fingerprint density at radius 1 is 1.50 bits per heavy atom. The van der Waals surface area contributed by atoms with Gasteiger partial charge in [-0.3, -0.25) is 0 Å². The predicted molar refractivity (Wildman–Crippen MR) is 67.4 cm³/mol. The first-order valence-electron chi connectivity index (χ1n) is 5.96. The number of rotatable bonds is 3. The maximum atomic E-state index is 6.04. The van der Waals surface area contributed by atoms with Crippen LogP contribution in [0.4, 0.5) is 0 Å². The molecule has 1 aliphatic heterocycles. The molecule has 0 spiro atoms. The van der Waals surface area contributed by atoms with Crippen molar-refractivity contribution < 1.29 is 4.74 Å². The molecule has 2 aliphatic rings. The second kappa shape index (κ2) is 4.65. The highest BCUT2D eigenvalue weighted by Crippen LogP contribution is 2.39. The van der Waals surface area contributed by atoms with Crippen LogP contribution < -0.4 is 5.32 Å². The van der Waals surface area contributed by atoms with Crippen LogP contribution in [-0.2, 0) is 11.2 Å². The largest absolute Gasteiger partial charge is 0.377 e. The fraction of sp³-hybridized carbons (Fsp3) is 0.667. The summed E-state index contributed by atoms with van der Waals surface area (Å²) in [6, 6.07) is 2.63. The summed E-state index contributed by atoms with van der Waals surface area (Å²) in [7, 11) is 0. The number of ether oxygens (including phenoxy) is 1. The molecule has 4 heteroatoms. The fourth-order valence-corrected chi connectivity index (χ4v) is 3.98. The number of nitrogens with one attached hydrogen (secondary N) is 1. The van der Waals surface area contributed by atoms with Crippen LogP contribution in [0.15, 0.2) is 6.07 Å². The quantitative estimate of drug-likeness (QED) is 0.898. The zero-order chi connectivity index (χ0) is 11.0. The topological polar surface area (TPSA) is 21.3 Å². The SMILES string of the molecule is Clc1cc2c(s1)CCC2NCC1CCCO1. The van der Waals surface area contributed by atoms with Gasteiger partial charge in [0.05, 0.1) is 10.4 Å². The molecule has 16 heavy (non-hydrogen) atoms. The molecule has 1 saturated heterocycles. The molecule has 2 atom stereocenters. The summed E-state index contributed by atoms with van der Waals surface area (Å²) in [4.78, 5) is 1.47. The summed E-state index contributed by atoms with van der Waals surface area (Å²) in [5.74, 6) is 0. The minimum Gasteiger partial charge on any atom is -0.377 e. The van der Waals surface area contributed by atoms with E-state index in [1.807, 2.05) is 0 Å². The van der Waals surface area contributed by atoms with Gasteiger partial charge in [0.15, 0.2) is 0 Å². The molecule has 2 unspecified atom stereocenters. The van der Waals surface area contributed by atoms with E-state index in [9.17, 15) is 0 Å². The van der Waals surface area contributed by atoms with E-state index in [2.05, 4.69) is 11.4 Å². The Hall–Kier alpha value is -0.0900. The van der Waals surface area contributed by atoms with Crippen LogP contribution in [0.5, 0.6) is 0 Å². The minimum absolute atomic E-state index is 0.429. The highest BCUT2D eigenvalue weighted by Gasteiger charge is 2.26.